The first-order chi connectivity index (χ1) is 20.2. The summed E-state index contributed by atoms with van der Waals surface area (Å²) in [5, 5.41) is 22.5. The van der Waals surface area contributed by atoms with Crippen molar-refractivity contribution < 1.29 is 14.6 Å². The van der Waals surface area contributed by atoms with Crippen molar-refractivity contribution in [3.05, 3.63) is 125 Å². The lowest BCUT2D eigenvalue weighted by Gasteiger charge is -2.36. The van der Waals surface area contributed by atoms with E-state index in [1.54, 1.807) is 16.4 Å². The van der Waals surface area contributed by atoms with Gasteiger partial charge in [0.25, 0.3) is 0 Å². The van der Waals surface area contributed by atoms with Crippen LogP contribution in [-0.2, 0) is 22.6 Å². The van der Waals surface area contributed by atoms with Crippen molar-refractivity contribution in [1.82, 2.24) is 20.2 Å². The Hall–Kier alpha value is -3.86. The lowest BCUT2D eigenvalue weighted by Crippen LogP contribution is -2.31. The molecule has 41 heavy (non-hydrogen) atoms. The molecule has 0 saturated carbocycles. The molecule has 1 saturated heterocycles. The van der Waals surface area contributed by atoms with E-state index in [2.05, 4.69) is 51.9 Å². The van der Waals surface area contributed by atoms with Gasteiger partial charge in [-0.25, -0.2) is 0 Å². The summed E-state index contributed by atoms with van der Waals surface area (Å²) in [4.78, 5) is 0. The summed E-state index contributed by atoms with van der Waals surface area (Å²) in [6.45, 7) is 0.489. The third-order valence-electron chi connectivity index (χ3n) is 7.19. The van der Waals surface area contributed by atoms with Gasteiger partial charge in [-0.05, 0) is 50.4 Å². The molecule has 3 atom stereocenters. The summed E-state index contributed by atoms with van der Waals surface area (Å²) in [5.41, 5.74) is 13.1. The van der Waals surface area contributed by atoms with Crippen LogP contribution in [0.25, 0.3) is 16.8 Å². The number of benzene rings is 4. The van der Waals surface area contributed by atoms with Crippen LogP contribution in [0.3, 0.4) is 0 Å². The molecule has 1 aliphatic heterocycles. The molecule has 1 aliphatic rings. The van der Waals surface area contributed by atoms with Gasteiger partial charge < -0.3 is 20.3 Å². The first-order valence-electron chi connectivity index (χ1n) is 13.6. The molecule has 0 unspecified atom stereocenters. The molecule has 4 aromatic carbocycles. The summed E-state index contributed by atoms with van der Waals surface area (Å²) < 4.78 is 14.8. The average molecular weight is 566 g/mol. The molecule has 0 radical (unpaired) electrons. The van der Waals surface area contributed by atoms with E-state index < -0.39 is 6.29 Å². The van der Waals surface area contributed by atoms with Gasteiger partial charge in [-0.15, -0.1) is 5.10 Å². The van der Waals surface area contributed by atoms with E-state index in [-0.39, 0.29) is 18.8 Å². The smallest absolute Gasteiger partial charge is 0.214 e. The maximum absolute atomic E-state index is 9.50. The Morgan fingerprint density at radius 2 is 1.59 bits per heavy atom. The van der Waals surface area contributed by atoms with E-state index in [0.717, 1.165) is 39.1 Å². The number of hydrogen-bond acceptors (Lipinski definition) is 8. The van der Waals surface area contributed by atoms with Crippen LogP contribution in [0.15, 0.2) is 108 Å². The van der Waals surface area contributed by atoms with Gasteiger partial charge >= 0.3 is 0 Å². The number of nitrogens with two attached hydrogens (primary N) is 1. The summed E-state index contributed by atoms with van der Waals surface area (Å²) >= 11 is 1.56. The van der Waals surface area contributed by atoms with Crippen molar-refractivity contribution in [2.24, 2.45) is 5.73 Å². The molecule has 8 nitrogen and oxygen atoms in total. The van der Waals surface area contributed by atoms with Crippen molar-refractivity contribution in [3.8, 4) is 16.8 Å². The molecule has 5 aromatic rings. The predicted molar refractivity (Wildman–Crippen MR) is 158 cm³/mol. The molecular formula is C32H31N5O3S. The van der Waals surface area contributed by atoms with Gasteiger partial charge in [0, 0.05) is 24.3 Å². The van der Waals surface area contributed by atoms with Gasteiger partial charge in [0.05, 0.1) is 24.5 Å². The predicted octanol–water partition coefficient (Wildman–Crippen LogP) is 5.62. The molecule has 1 aromatic heterocycles. The quantitative estimate of drug-likeness (QED) is 0.222. The van der Waals surface area contributed by atoms with Crippen molar-refractivity contribution in [1.29, 1.82) is 0 Å². The van der Waals surface area contributed by atoms with Crippen LogP contribution in [0.5, 0.6) is 0 Å². The number of rotatable bonds is 9. The fraction of sp³-hybridized carbons (Fsp3) is 0.219. The molecule has 0 amide bonds. The number of aromatic nitrogens is 4. The van der Waals surface area contributed by atoms with E-state index in [1.165, 1.54) is 0 Å². The molecule has 2 heterocycles. The van der Waals surface area contributed by atoms with Crippen molar-refractivity contribution >= 4 is 11.8 Å². The van der Waals surface area contributed by atoms with Crippen LogP contribution in [0.4, 0.5) is 0 Å². The van der Waals surface area contributed by atoms with Gasteiger partial charge in [-0.1, -0.05) is 103 Å². The zero-order valence-corrected chi connectivity index (χ0v) is 23.2. The van der Waals surface area contributed by atoms with Crippen LogP contribution < -0.4 is 5.73 Å². The maximum atomic E-state index is 9.50. The largest absolute Gasteiger partial charge is 0.392 e. The normalized spacial score (nSPS) is 18.8. The Balaban J connectivity index is 1.23. The maximum Gasteiger partial charge on any atom is 0.214 e. The Morgan fingerprint density at radius 3 is 2.34 bits per heavy atom. The lowest BCUT2D eigenvalue weighted by molar-refractivity contribution is -0.245. The minimum atomic E-state index is -0.541. The molecule has 6 rings (SSSR count). The van der Waals surface area contributed by atoms with Crippen LogP contribution in [-0.4, -0.2) is 37.2 Å². The fourth-order valence-electron chi connectivity index (χ4n) is 4.99. The summed E-state index contributed by atoms with van der Waals surface area (Å²) in [6.07, 6.45) is -0.146. The third-order valence-corrected chi connectivity index (χ3v) is 8.24. The Bertz CT molecular complexity index is 1560. The Labute approximate surface area is 243 Å². The van der Waals surface area contributed by atoms with E-state index >= 15 is 0 Å². The molecule has 0 bridgehead atoms. The number of hydrogen-bond donors (Lipinski definition) is 2. The minimum Gasteiger partial charge on any atom is -0.392 e. The molecular weight excluding hydrogens is 534 g/mol. The van der Waals surface area contributed by atoms with Crippen LogP contribution in [0.2, 0.25) is 0 Å². The van der Waals surface area contributed by atoms with Crippen LogP contribution in [0.1, 0.15) is 41.1 Å². The number of aliphatic hydroxyl groups is 1. The number of nitrogens with zero attached hydrogens (tertiary/aromatic N) is 4. The van der Waals surface area contributed by atoms with E-state index in [1.807, 2.05) is 66.7 Å². The van der Waals surface area contributed by atoms with E-state index in [9.17, 15) is 5.11 Å². The highest BCUT2D eigenvalue weighted by Crippen LogP contribution is 2.40. The van der Waals surface area contributed by atoms with Gasteiger partial charge in [0.1, 0.15) is 0 Å². The van der Waals surface area contributed by atoms with Crippen LogP contribution in [0, 0.1) is 0 Å². The van der Waals surface area contributed by atoms with Gasteiger partial charge in [-0.2, -0.15) is 4.68 Å². The fourth-order valence-corrected chi connectivity index (χ4v) is 5.90. The molecule has 9 heteroatoms. The van der Waals surface area contributed by atoms with E-state index in [0.29, 0.717) is 23.9 Å². The number of ether oxygens (including phenoxy) is 2. The van der Waals surface area contributed by atoms with Crippen LogP contribution >= 0.6 is 11.8 Å². The first-order valence-corrected chi connectivity index (χ1v) is 14.6. The second-order valence-electron chi connectivity index (χ2n) is 9.85. The van der Waals surface area contributed by atoms with Crippen molar-refractivity contribution in [2.45, 2.75) is 43.2 Å². The van der Waals surface area contributed by atoms with E-state index in [4.69, 9.17) is 15.2 Å². The highest BCUT2D eigenvalue weighted by molar-refractivity contribution is 7.99. The average Bonchev–Trinajstić information content (AvgIpc) is 3.53. The molecule has 208 valence electrons. The number of tetrazole rings is 1. The molecule has 1 fully saturated rings. The zero-order valence-electron chi connectivity index (χ0n) is 22.4. The monoisotopic (exact) mass is 565 g/mol. The first kappa shape index (κ1) is 27.3. The third kappa shape index (κ3) is 6.24. The van der Waals surface area contributed by atoms with Crippen molar-refractivity contribution in [2.75, 3.05) is 5.75 Å². The lowest BCUT2D eigenvalue weighted by atomic mass is 9.98. The zero-order chi connectivity index (χ0) is 28.0. The SMILES string of the molecule is NCc1ccccc1-c1ccc([C@@H]2O[C@H](CSc3nnnn3-c3ccccc3)C[C@H](c3ccc(CO)cc3)O2)cc1. The van der Waals surface area contributed by atoms with Crippen molar-refractivity contribution in [3.63, 3.8) is 0 Å². The van der Waals surface area contributed by atoms with Gasteiger partial charge in [0.2, 0.25) is 5.16 Å². The summed E-state index contributed by atoms with van der Waals surface area (Å²) in [6, 6.07) is 34.2. The Morgan fingerprint density at radius 1 is 0.854 bits per heavy atom. The molecule has 0 spiro atoms. The number of aliphatic hydroxyl groups excluding tert-OH is 1. The highest BCUT2D eigenvalue weighted by Gasteiger charge is 2.32. The minimum absolute atomic E-state index is 0.00652. The van der Waals surface area contributed by atoms with Gasteiger partial charge in [-0.3, -0.25) is 0 Å². The standard InChI is InChI=1S/C32H31N5O3S/c33-19-26-6-4-5-9-29(26)23-14-16-25(17-15-23)31-39-28(18-30(40-31)24-12-10-22(20-38)11-13-24)21-41-32-34-35-36-37(32)27-7-2-1-3-8-27/h1-17,28,30-31,38H,18-21,33H2/t28-,30+,31+/m0/s1. The second kappa shape index (κ2) is 12.8. The second-order valence-corrected chi connectivity index (χ2v) is 10.8. The topological polar surface area (TPSA) is 108 Å². The summed E-state index contributed by atoms with van der Waals surface area (Å²) in [7, 11) is 0. The molecule has 0 aliphatic carbocycles. The van der Waals surface area contributed by atoms with Gasteiger partial charge in [0.15, 0.2) is 6.29 Å². The number of thioether (sulfide) groups is 1. The summed E-state index contributed by atoms with van der Waals surface area (Å²) in [5.74, 6) is 0.653. The molecule has 3 N–H and O–H groups in total. The Kier molecular flexibility index (Phi) is 8.50. The number of para-hydroxylation sites is 1. The highest BCUT2D eigenvalue weighted by atomic mass is 32.2.